The van der Waals surface area contributed by atoms with Crippen LogP contribution in [0.25, 0.3) is 6.08 Å². The third-order valence-electron chi connectivity index (χ3n) is 2.34. The van der Waals surface area contributed by atoms with E-state index in [-0.39, 0.29) is 5.75 Å². The molecule has 90 valence electrons. The fraction of sp³-hybridized carbons (Fsp3) is 0. The summed E-state index contributed by atoms with van der Waals surface area (Å²) in [5, 5.41) is 10.2. The minimum atomic E-state index is 0.175. The first-order valence-corrected chi connectivity index (χ1v) is 5.88. The molecule has 0 aliphatic heterocycles. The monoisotopic (exact) mass is 257 g/mol. The van der Waals surface area contributed by atoms with Crippen LogP contribution in [0.3, 0.4) is 0 Å². The lowest BCUT2D eigenvalue weighted by molar-refractivity contribution is 0.477. The lowest BCUT2D eigenvalue weighted by atomic mass is 10.2. The van der Waals surface area contributed by atoms with Gasteiger partial charge in [0.25, 0.3) is 0 Å². The van der Waals surface area contributed by atoms with Gasteiger partial charge >= 0.3 is 0 Å². The first kappa shape index (κ1) is 12.4. The van der Waals surface area contributed by atoms with Gasteiger partial charge in [-0.05, 0) is 35.9 Å². The van der Waals surface area contributed by atoms with Crippen LogP contribution in [-0.4, -0.2) is 11.3 Å². The minimum Gasteiger partial charge on any atom is -0.506 e. The van der Waals surface area contributed by atoms with Crippen LogP contribution < -0.4 is 0 Å². The SMILES string of the molecule is Oc1ccccc1N=CC=Cc1ccc(Cl)cc1. The summed E-state index contributed by atoms with van der Waals surface area (Å²) in [4.78, 5) is 4.15. The summed E-state index contributed by atoms with van der Waals surface area (Å²) < 4.78 is 0. The van der Waals surface area contributed by atoms with E-state index in [0.717, 1.165) is 10.6 Å². The average molecular weight is 258 g/mol. The molecule has 0 atom stereocenters. The van der Waals surface area contributed by atoms with Crippen molar-refractivity contribution in [3.63, 3.8) is 0 Å². The van der Waals surface area contributed by atoms with Gasteiger partial charge in [0, 0.05) is 11.2 Å². The largest absolute Gasteiger partial charge is 0.506 e. The van der Waals surface area contributed by atoms with Crippen molar-refractivity contribution < 1.29 is 5.11 Å². The molecule has 0 saturated carbocycles. The zero-order valence-corrected chi connectivity index (χ0v) is 10.4. The number of halogens is 1. The molecule has 0 saturated heterocycles. The summed E-state index contributed by atoms with van der Waals surface area (Å²) in [5.74, 6) is 0.175. The van der Waals surface area contributed by atoms with Crippen LogP contribution in [0.2, 0.25) is 5.02 Å². The number of allylic oxidation sites excluding steroid dienone is 1. The lowest BCUT2D eigenvalue weighted by Crippen LogP contribution is -1.72. The van der Waals surface area contributed by atoms with Gasteiger partial charge in [0.1, 0.15) is 11.4 Å². The maximum absolute atomic E-state index is 9.50. The molecular weight excluding hydrogens is 246 g/mol. The number of hydrogen-bond acceptors (Lipinski definition) is 2. The van der Waals surface area contributed by atoms with Crippen LogP contribution in [0, 0.1) is 0 Å². The zero-order chi connectivity index (χ0) is 12.8. The molecule has 2 aromatic carbocycles. The molecule has 0 aromatic heterocycles. The van der Waals surface area contributed by atoms with Crippen molar-refractivity contribution in [2.45, 2.75) is 0 Å². The van der Waals surface area contributed by atoms with Crippen molar-refractivity contribution in [1.82, 2.24) is 0 Å². The van der Waals surface area contributed by atoms with E-state index in [1.165, 1.54) is 0 Å². The Morgan fingerprint density at radius 1 is 1.00 bits per heavy atom. The van der Waals surface area contributed by atoms with Crippen LogP contribution in [0.5, 0.6) is 5.75 Å². The summed E-state index contributed by atoms with van der Waals surface area (Å²) >= 11 is 5.79. The van der Waals surface area contributed by atoms with Gasteiger partial charge in [0.15, 0.2) is 0 Å². The second-order valence-corrected chi connectivity index (χ2v) is 4.11. The quantitative estimate of drug-likeness (QED) is 0.809. The first-order valence-electron chi connectivity index (χ1n) is 5.50. The van der Waals surface area contributed by atoms with Crippen molar-refractivity contribution in [3.05, 3.63) is 65.2 Å². The van der Waals surface area contributed by atoms with Gasteiger partial charge in [-0.2, -0.15) is 0 Å². The summed E-state index contributed by atoms with van der Waals surface area (Å²) in [6.07, 6.45) is 5.37. The molecular formula is C15H12ClNO. The van der Waals surface area contributed by atoms with E-state index in [1.54, 1.807) is 24.4 Å². The number of phenols is 1. The van der Waals surface area contributed by atoms with Crippen LogP contribution >= 0.6 is 11.6 Å². The highest BCUT2D eigenvalue weighted by Gasteiger charge is 1.93. The maximum atomic E-state index is 9.50. The maximum Gasteiger partial charge on any atom is 0.141 e. The Morgan fingerprint density at radius 2 is 1.72 bits per heavy atom. The molecule has 3 heteroatoms. The topological polar surface area (TPSA) is 32.6 Å². The molecule has 0 heterocycles. The molecule has 0 radical (unpaired) electrons. The third-order valence-corrected chi connectivity index (χ3v) is 2.59. The number of nitrogens with zero attached hydrogens (tertiary/aromatic N) is 1. The normalized spacial score (nSPS) is 11.4. The van der Waals surface area contributed by atoms with Crippen molar-refractivity contribution in [2.75, 3.05) is 0 Å². The van der Waals surface area contributed by atoms with E-state index in [2.05, 4.69) is 4.99 Å². The van der Waals surface area contributed by atoms with Crippen molar-refractivity contribution in [2.24, 2.45) is 4.99 Å². The highest BCUT2D eigenvalue weighted by molar-refractivity contribution is 6.30. The molecule has 2 nitrogen and oxygen atoms in total. The minimum absolute atomic E-state index is 0.175. The van der Waals surface area contributed by atoms with Gasteiger partial charge in [-0.3, -0.25) is 4.99 Å². The standard InChI is InChI=1S/C15H12ClNO/c16-13-9-7-12(8-10-13)4-3-11-17-14-5-1-2-6-15(14)18/h1-11,18H. The molecule has 2 aromatic rings. The Kier molecular flexibility index (Phi) is 4.15. The average Bonchev–Trinajstić information content (AvgIpc) is 2.39. The van der Waals surface area contributed by atoms with Gasteiger partial charge in [-0.1, -0.05) is 41.9 Å². The van der Waals surface area contributed by atoms with Crippen molar-refractivity contribution in [3.8, 4) is 5.75 Å². The van der Waals surface area contributed by atoms with E-state index >= 15 is 0 Å². The predicted molar refractivity (Wildman–Crippen MR) is 76.7 cm³/mol. The van der Waals surface area contributed by atoms with Crippen LogP contribution in [0.4, 0.5) is 5.69 Å². The Bertz CT molecular complexity index is 573. The smallest absolute Gasteiger partial charge is 0.141 e. The van der Waals surface area contributed by atoms with E-state index in [1.807, 2.05) is 42.5 Å². The number of para-hydroxylation sites is 2. The molecule has 0 amide bonds. The van der Waals surface area contributed by atoms with Crippen LogP contribution in [0.15, 0.2) is 59.6 Å². The number of hydrogen-bond donors (Lipinski definition) is 1. The molecule has 0 bridgehead atoms. The number of rotatable bonds is 3. The van der Waals surface area contributed by atoms with Gasteiger partial charge in [-0.15, -0.1) is 0 Å². The predicted octanol–water partition coefficient (Wildman–Crippen LogP) is 4.46. The number of benzene rings is 2. The number of aliphatic imine (C=N–C) groups is 1. The van der Waals surface area contributed by atoms with E-state index in [4.69, 9.17) is 11.6 Å². The molecule has 0 aliphatic rings. The molecule has 2 rings (SSSR count). The third kappa shape index (κ3) is 3.47. The summed E-state index contributed by atoms with van der Waals surface area (Å²) in [6.45, 7) is 0. The molecule has 0 aliphatic carbocycles. The van der Waals surface area contributed by atoms with E-state index in [0.29, 0.717) is 5.69 Å². The Balaban J connectivity index is 2.03. The Labute approximate surface area is 111 Å². The Hall–Kier alpha value is -2.06. The second kappa shape index (κ2) is 6.03. The molecule has 1 N–H and O–H groups in total. The van der Waals surface area contributed by atoms with Crippen LogP contribution in [0.1, 0.15) is 5.56 Å². The summed E-state index contributed by atoms with van der Waals surface area (Å²) in [6, 6.07) is 14.5. The van der Waals surface area contributed by atoms with E-state index < -0.39 is 0 Å². The first-order chi connectivity index (χ1) is 8.75. The number of phenolic OH excluding ortho intramolecular Hbond substituents is 1. The summed E-state index contributed by atoms with van der Waals surface area (Å²) in [7, 11) is 0. The van der Waals surface area contributed by atoms with Crippen molar-refractivity contribution in [1.29, 1.82) is 0 Å². The molecule has 0 spiro atoms. The molecule has 0 fully saturated rings. The van der Waals surface area contributed by atoms with Crippen LogP contribution in [-0.2, 0) is 0 Å². The van der Waals surface area contributed by atoms with Gasteiger partial charge in [-0.25, -0.2) is 0 Å². The highest BCUT2D eigenvalue weighted by atomic mass is 35.5. The van der Waals surface area contributed by atoms with Gasteiger partial charge in [0.05, 0.1) is 0 Å². The zero-order valence-electron chi connectivity index (χ0n) is 9.62. The van der Waals surface area contributed by atoms with Crippen molar-refractivity contribution >= 4 is 29.6 Å². The Morgan fingerprint density at radius 3 is 2.44 bits per heavy atom. The highest BCUT2D eigenvalue weighted by Crippen LogP contribution is 2.24. The lowest BCUT2D eigenvalue weighted by Gasteiger charge is -1.95. The fourth-order valence-corrected chi connectivity index (χ4v) is 1.55. The molecule has 0 unspecified atom stereocenters. The van der Waals surface area contributed by atoms with Gasteiger partial charge in [0.2, 0.25) is 0 Å². The van der Waals surface area contributed by atoms with Gasteiger partial charge < -0.3 is 5.11 Å². The second-order valence-electron chi connectivity index (χ2n) is 3.68. The molecule has 18 heavy (non-hydrogen) atoms. The summed E-state index contributed by atoms with van der Waals surface area (Å²) in [5.41, 5.74) is 1.60. The van der Waals surface area contributed by atoms with E-state index in [9.17, 15) is 5.11 Å². The fourth-order valence-electron chi connectivity index (χ4n) is 1.42. The number of aromatic hydroxyl groups is 1.